The zero-order valence-electron chi connectivity index (χ0n) is 3.32. The number of rotatable bonds is 0. The van der Waals surface area contributed by atoms with Gasteiger partial charge in [-0.05, 0) is 0 Å². The van der Waals surface area contributed by atoms with Crippen LogP contribution in [-0.4, -0.2) is 0 Å². The number of hydrogen-bond acceptors (Lipinski definition) is 0. The summed E-state index contributed by atoms with van der Waals surface area (Å²) >= 11 is 0. The van der Waals surface area contributed by atoms with Gasteiger partial charge in [-0.15, -0.1) is 0 Å². The molecule has 0 unspecified atom stereocenters. The summed E-state index contributed by atoms with van der Waals surface area (Å²) in [6.45, 7) is 0. The average Bonchev–Trinajstić information content (AvgIpc) is 0. The molecule has 0 aromatic heterocycles. The van der Waals surface area contributed by atoms with Gasteiger partial charge in [0.1, 0.15) is 0 Å². The Bertz CT molecular complexity index is 9.61. The van der Waals surface area contributed by atoms with Crippen molar-refractivity contribution in [1.29, 1.82) is 0 Å². The first-order valence-corrected chi connectivity index (χ1v) is 0. The third-order valence-electron chi connectivity index (χ3n) is 0. The topological polar surface area (TPSA) is 0 Å². The molecule has 0 saturated carbocycles. The van der Waals surface area contributed by atoms with E-state index < -0.39 is 0 Å². The van der Waals surface area contributed by atoms with Gasteiger partial charge in [0.15, 0.2) is 0 Å². The van der Waals surface area contributed by atoms with Gasteiger partial charge in [0, 0.05) is 0 Å². The van der Waals surface area contributed by atoms with Crippen molar-refractivity contribution in [2.24, 2.45) is 0 Å². The molecule has 0 amide bonds. The summed E-state index contributed by atoms with van der Waals surface area (Å²) in [7, 11) is 0. The van der Waals surface area contributed by atoms with Crippen LogP contribution in [0.4, 0.5) is 0 Å². The molecule has 0 aromatic carbocycles. The molecule has 0 bridgehead atoms. The average molecular weight is 120 g/mol. The second-order valence-electron chi connectivity index (χ2n) is 0. The van der Waals surface area contributed by atoms with Gasteiger partial charge < -0.3 is 28.4 Å². The molecule has 0 radical (unpaired) electrons. The Morgan fingerprint density at radius 3 is 1.00 bits per heavy atom. The molecule has 0 saturated heterocycles. The predicted molar refractivity (Wildman–Crippen MR) is 15.8 cm³/mol. The standard InChI is InChI=1S/Li.2S.Ti.H/q+1;2*-2;+4;-1. The molecule has 0 aliphatic heterocycles. The fraction of sp³-hybridized carbons (Fsp3) is 0. The second-order valence-corrected chi connectivity index (χ2v) is 0. The van der Waals surface area contributed by atoms with E-state index in [4.69, 9.17) is 0 Å². The monoisotopic (exact) mass is 120 g/mol. The van der Waals surface area contributed by atoms with Crippen LogP contribution in [0, 0.1) is 0 Å². The Hall–Kier alpha value is 2.01. The summed E-state index contributed by atoms with van der Waals surface area (Å²) in [6, 6.07) is 0. The van der Waals surface area contributed by atoms with Crippen molar-refractivity contribution in [3.05, 3.63) is 0 Å². The van der Waals surface area contributed by atoms with Gasteiger partial charge in [0.25, 0.3) is 0 Å². The molecule has 4 heavy (non-hydrogen) atoms. The maximum Gasteiger partial charge on any atom is 4.00 e. The first-order chi connectivity index (χ1) is 0. The Balaban J connectivity index is 0. The molecular formula is HLiS2Ti. The molecular weight excluding hydrogens is 119 g/mol. The van der Waals surface area contributed by atoms with E-state index >= 15 is 0 Å². The van der Waals surface area contributed by atoms with E-state index in [2.05, 4.69) is 0 Å². The van der Waals surface area contributed by atoms with Crippen LogP contribution in [0.5, 0.6) is 0 Å². The smallest absolute Gasteiger partial charge is 2.00 e. The summed E-state index contributed by atoms with van der Waals surface area (Å²) in [5.41, 5.74) is 0. The molecule has 0 fully saturated rings. The fourth-order valence-electron chi connectivity index (χ4n) is 0. The van der Waals surface area contributed by atoms with Crippen molar-refractivity contribution < 1.29 is 42.0 Å². The van der Waals surface area contributed by atoms with Crippen LogP contribution < -0.4 is 18.9 Å². The maximum absolute atomic E-state index is 0. The van der Waals surface area contributed by atoms with Gasteiger partial charge in [-0.2, -0.15) is 0 Å². The zero-order valence-corrected chi connectivity index (χ0v) is 5.51. The van der Waals surface area contributed by atoms with Crippen molar-refractivity contribution in [2.75, 3.05) is 0 Å². The molecule has 4 heteroatoms. The predicted octanol–water partition coefficient (Wildman–Crippen LogP) is -2.89. The van der Waals surface area contributed by atoms with Crippen molar-refractivity contribution in [3.8, 4) is 0 Å². The Morgan fingerprint density at radius 2 is 1.00 bits per heavy atom. The van der Waals surface area contributed by atoms with Crippen molar-refractivity contribution in [2.45, 2.75) is 0 Å². The van der Waals surface area contributed by atoms with Gasteiger partial charge in [-0.25, -0.2) is 0 Å². The second kappa shape index (κ2) is 19.9. The third-order valence-corrected chi connectivity index (χ3v) is 0. The minimum atomic E-state index is 0. The van der Waals surface area contributed by atoms with E-state index in [9.17, 15) is 0 Å². The number of hydrogen-bond donors (Lipinski definition) is 0. The maximum atomic E-state index is 0. The quantitative estimate of drug-likeness (QED) is 0.301. The van der Waals surface area contributed by atoms with E-state index in [-0.39, 0.29) is 69.0 Å². The van der Waals surface area contributed by atoms with Crippen molar-refractivity contribution in [3.63, 3.8) is 0 Å². The van der Waals surface area contributed by atoms with E-state index in [0.29, 0.717) is 0 Å². The Kier molecular flexibility index (Phi) is 186. The minimum Gasteiger partial charge on any atom is -2.00 e. The minimum absolute atomic E-state index is 0. The molecule has 0 heterocycles. The summed E-state index contributed by atoms with van der Waals surface area (Å²) < 4.78 is 0. The molecule has 0 rings (SSSR count). The molecule has 0 aliphatic carbocycles. The van der Waals surface area contributed by atoms with Gasteiger partial charge in [-0.1, -0.05) is 0 Å². The first-order valence-electron chi connectivity index (χ1n) is 0. The van der Waals surface area contributed by atoms with Gasteiger partial charge >= 0.3 is 40.6 Å². The van der Waals surface area contributed by atoms with E-state index in [1.54, 1.807) is 0 Å². The summed E-state index contributed by atoms with van der Waals surface area (Å²) in [4.78, 5) is 0. The van der Waals surface area contributed by atoms with Crippen LogP contribution in [0.15, 0.2) is 0 Å². The summed E-state index contributed by atoms with van der Waals surface area (Å²) in [5, 5.41) is 0. The molecule has 0 aliphatic rings. The molecule has 0 nitrogen and oxygen atoms in total. The third kappa shape index (κ3) is 8.99. The normalized spacial score (nSPS) is 0. The molecule has 0 aromatic rings. The zero-order chi connectivity index (χ0) is 0. The fourth-order valence-corrected chi connectivity index (χ4v) is 0. The van der Waals surface area contributed by atoms with Crippen LogP contribution in [-0.2, 0) is 48.7 Å². The van der Waals surface area contributed by atoms with Crippen LogP contribution in [0.25, 0.3) is 0 Å². The first kappa shape index (κ1) is 37.3. The SMILES string of the molecule is [H-].[Li+].[S-2].[S-2].[Ti+4]. The van der Waals surface area contributed by atoms with E-state index in [1.165, 1.54) is 0 Å². The summed E-state index contributed by atoms with van der Waals surface area (Å²) in [5.74, 6) is 0. The molecule has 0 spiro atoms. The van der Waals surface area contributed by atoms with Crippen LogP contribution in [0.1, 0.15) is 1.43 Å². The van der Waals surface area contributed by atoms with Gasteiger partial charge in [0.2, 0.25) is 0 Å². The molecule has 0 atom stereocenters. The molecule has 18 valence electrons. The largest absolute Gasteiger partial charge is 4.00 e. The van der Waals surface area contributed by atoms with Gasteiger partial charge in [-0.3, -0.25) is 0 Å². The van der Waals surface area contributed by atoms with Crippen LogP contribution in [0.3, 0.4) is 0 Å². The summed E-state index contributed by atoms with van der Waals surface area (Å²) in [6.07, 6.45) is 0. The Morgan fingerprint density at radius 1 is 1.00 bits per heavy atom. The van der Waals surface area contributed by atoms with Crippen LogP contribution in [0.2, 0.25) is 0 Å². The van der Waals surface area contributed by atoms with Crippen molar-refractivity contribution >= 4 is 27.0 Å². The van der Waals surface area contributed by atoms with E-state index in [0.717, 1.165) is 0 Å². The molecule has 0 N–H and O–H groups in total. The van der Waals surface area contributed by atoms with Crippen LogP contribution >= 0.6 is 0 Å². The van der Waals surface area contributed by atoms with E-state index in [1.807, 2.05) is 0 Å². The Labute approximate surface area is 68.5 Å². The van der Waals surface area contributed by atoms with Gasteiger partial charge in [0.05, 0.1) is 0 Å². The van der Waals surface area contributed by atoms with Crippen molar-refractivity contribution in [1.82, 2.24) is 0 Å².